The summed E-state index contributed by atoms with van der Waals surface area (Å²) >= 11 is 0. The third kappa shape index (κ3) is 12.3. The molecule has 584 valence electrons. The van der Waals surface area contributed by atoms with Gasteiger partial charge in [-0.05, 0) is 140 Å². The van der Waals surface area contributed by atoms with Gasteiger partial charge in [0.1, 0.15) is 0 Å². The molecule has 0 fully saturated rings. The van der Waals surface area contributed by atoms with Crippen molar-refractivity contribution in [1.29, 1.82) is 0 Å². The van der Waals surface area contributed by atoms with E-state index in [-0.39, 0.29) is 10.8 Å². The first kappa shape index (κ1) is 73.3. The molecule has 0 aliphatic heterocycles. The van der Waals surface area contributed by atoms with Crippen molar-refractivity contribution in [2.45, 2.75) is 38.5 Å². The van der Waals surface area contributed by atoms with Gasteiger partial charge in [0.15, 0.2) is 11.6 Å². The lowest BCUT2D eigenvalue weighted by Crippen LogP contribution is -2.14. The molecule has 0 spiro atoms. The summed E-state index contributed by atoms with van der Waals surface area (Å²) in [6, 6.07) is 147. The van der Waals surface area contributed by atoms with Crippen molar-refractivity contribution in [1.82, 2.24) is 39.0 Å². The molecule has 8 nitrogen and oxygen atoms in total. The SMILES string of the molecule is CC1(C)c2ccccc2-c2ccc(-c3cc(-c4ccc(-c5ccc(-c6nc7ccccc7c7c8ccccc8n(-c8ccccc8)c67)cc5)cc4)nc(-c4ccccc4)n3)cc21.CC1(C)c2ccccc2-c2ccc(-c3cc(-c4ccccc4)nc(-c4ccc(-c5ccc(-c6nc7ccccc7c7c8ccccc8n(-c8ccccc8)c67)cc5)cc4)n3)cc21. The average Bonchev–Trinajstić information content (AvgIpc) is 1.55. The summed E-state index contributed by atoms with van der Waals surface area (Å²) in [5, 5.41) is 7.19. The zero-order chi connectivity index (χ0) is 82.7. The van der Waals surface area contributed by atoms with Crippen LogP contribution in [0.2, 0.25) is 0 Å². The molecule has 2 aliphatic rings. The fourth-order valence-electron chi connectivity index (χ4n) is 19.4. The molecule has 16 aromatic carbocycles. The highest BCUT2D eigenvalue weighted by Crippen LogP contribution is 2.53. The highest BCUT2D eigenvalue weighted by Gasteiger charge is 2.37. The minimum absolute atomic E-state index is 0.103. The van der Waals surface area contributed by atoms with Crippen LogP contribution in [-0.2, 0) is 10.8 Å². The van der Waals surface area contributed by atoms with Crippen LogP contribution in [0.15, 0.2) is 413 Å². The van der Waals surface area contributed by atoms with E-state index < -0.39 is 0 Å². The Morgan fingerprint density at radius 1 is 0.202 bits per heavy atom. The molecule has 0 saturated heterocycles. The summed E-state index contributed by atoms with van der Waals surface area (Å²) in [7, 11) is 0. The summed E-state index contributed by atoms with van der Waals surface area (Å²) in [5.41, 5.74) is 37.6. The predicted molar refractivity (Wildman–Crippen MR) is 513 cm³/mol. The lowest BCUT2D eigenvalue weighted by atomic mass is 9.82. The van der Waals surface area contributed by atoms with E-state index in [0.29, 0.717) is 11.6 Å². The maximum atomic E-state index is 5.36. The Balaban J connectivity index is 0.000000143. The van der Waals surface area contributed by atoms with Crippen LogP contribution < -0.4 is 0 Å². The van der Waals surface area contributed by atoms with Crippen molar-refractivity contribution >= 4 is 65.4 Å². The highest BCUT2D eigenvalue weighted by molar-refractivity contribution is 6.25. The molecule has 0 bridgehead atoms. The molecule has 0 amide bonds. The molecule has 0 atom stereocenters. The predicted octanol–water partition coefficient (Wildman–Crippen LogP) is 29.5. The smallest absolute Gasteiger partial charge is 0.160 e. The number of aromatic nitrogens is 8. The second-order valence-electron chi connectivity index (χ2n) is 33.6. The fraction of sp³-hybridized carbons (Fsp3) is 0.0517. The van der Waals surface area contributed by atoms with E-state index in [4.69, 9.17) is 29.9 Å². The van der Waals surface area contributed by atoms with Crippen LogP contribution in [-0.4, -0.2) is 39.0 Å². The molecule has 24 rings (SSSR count). The topological polar surface area (TPSA) is 87.2 Å². The Morgan fingerprint density at radius 3 is 0.895 bits per heavy atom. The maximum Gasteiger partial charge on any atom is 0.160 e. The first-order valence-electron chi connectivity index (χ1n) is 42.5. The van der Waals surface area contributed by atoms with Crippen LogP contribution >= 0.6 is 0 Å². The molecule has 0 radical (unpaired) electrons. The third-order valence-corrected chi connectivity index (χ3v) is 25.7. The van der Waals surface area contributed by atoms with Gasteiger partial charge >= 0.3 is 0 Å². The van der Waals surface area contributed by atoms with Gasteiger partial charge < -0.3 is 9.13 Å². The van der Waals surface area contributed by atoms with E-state index in [9.17, 15) is 0 Å². The quantitative estimate of drug-likeness (QED) is 0.121. The van der Waals surface area contributed by atoms with Crippen molar-refractivity contribution in [3.63, 3.8) is 0 Å². The van der Waals surface area contributed by atoms with Gasteiger partial charge in [0, 0.05) is 99.0 Å². The highest BCUT2D eigenvalue weighted by atomic mass is 15.0. The Bertz CT molecular complexity index is 7500. The van der Waals surface area contributed by atoms with Crippen molar-refractivity contribution in [2.24, 2.45) is 0 Å². The monoisotopic (exact) mass is 1580 g/mol. The molecule has 2 aliphatic carbocycles. The Morgan fingerprint density at radius 2 is 0.484 bits per heavy atom. The third-order valence-electron chi connectivity index (χ3n) is 25.7. The van der Waals surface area contributed by atoms with Crippen LogP contribution in [0.4, 0.5) is 0 Å². The number of benzene rings is 16. The number of pyridine rings is 2. The van der Waals surface area contributed by atoms with Crippen LogP contribution in [0.3, 0.4) is 0 Å². The molecular formula is C116H80N8. The van der Waals surface area contributed by atoms with Gasteiger partial charge in [-0.1, -0.05) is 367 Å². The van der Waals surface area contributed by atoms with Crippen LogP contribution in [0.5, 0.6) is 0 Å². The molecule has 8 heteroatoms. The molecule has 0 N–H and O–H groups in total. The lowest BCUT2D eigenvalue weighted by Gasteiger charge is -2.22. The summed E-state index contributed by atoms with van der Waals surface area (Å²) in [6.45, 7) is 9.29. The van der Waals surface area contributed by atoms with Crippen molar-refractivity contribution in [2.75, 3.05) is 0 Å². The zero-order valence-electron chi connectivity index (χ0n) is 68.8. The Hall–Kier alpha value is -15.9. The van der Waals surface area contributed by atoms with Crippen molar-refractivity contribution < 1.29 is 0 Å². The van der Waals surface area contributed by atoms with E-state index in [1.165, 1.54) is 71.6 Å². The average molecular weight is 1590 g/mol. The standard InChI is InChI=1S/2C58H40N4/c1-58(2)48-22-12-9-19-44(48)45-34-33-42(35-49(45)58)52-36-51(60-57(61-52)41-15-5-3-6-16-41)39-29-25-37(26-30-39)38-27-31-40(32-28-38)55-56-54(46-20-10-13-23-50(46)59-55)47-21-11-14-24-53(47)62(56)43-17-7-4-8-18-43;1-58(2)48-22-12-9-19-44(48)45-34-33-42(35-49(45)58)52-36-51(39-15-5-3-6-16-39)60-57(61-52)41-31-27-38(28-32-41)37-25-29-40(30-26-37)55-56-54(46-20-10-13-23-50(46)59-55)47-21-11-14-24-53(47)62(56)43-17-7-4-8-18-43/h2*3-36H,1-2H3. The van der Waals surface area contributed by atoms with Gasteiger partial charge in [0.25, 0.3) is 0 Å². The van der Waals surface area contributed by atoms with Gasteiger partial charge in [-0.3, -0.25) is 0 Å². The number of rotatable bonds is 12. The van der Waals surface area contributed by atoms with E-state index in [1.807, 2.05) is 24.3 Å². The fourth-order valence-corrected chi connectivity index (χ4v) is 19.4. The first-order chi connectivity index (χ1) is 61.0. The minimum Gasteiger partial charge on any atom is -0.307 e. The summed E-state index contributed by atoms with van der Waals surface area (Å²) in [6.07, 6.45) is 0. The number of hydrogen-bond acceptors (Lipinski definition) is 6. The summed E-state index contributed by atoms with van der Waals surface area (Å²) in [5.74, 6) is 1.41. The second-order valence-corrected chi connectivity index (χ2v) is 33.6. The zero-order valence-corrected chi connectivity index (χ0v) is 68.8. The van der Waals surface area contributed by atoms with Crippen LogP contribution in [0.1, 0.15) is 49.9 Å². The maximum absolute atomic E-state index is 5.36. The van der Waals surface area contributed by atoms with Gasteiger partial charge in [0.05, 0.1) is 67.3 Å². The van der Waals surface area contributed by atoms with E-state index in [2.05, 4.69) is 425 Å². The lowest BCUT2D eigenvalue weighted by molar-refractivity contribution is 0.660. The van der Waals surface area contributed by atoms with Gasteiger partial charge in [-0.25, -0.2) is 29.9 Å². The number of hydrogen-bond donors (Lipinski definition) is 0. The van der Waals surface area contributed by atoms with Crippen LogP contribution in [0, 0.1) is 0 Å². The van der Waals surface area contributed by atoms with Crippen LogP contribution in [0.25, 0.3) is 212 Å². The molecule has 0 saturated carbocycles. The first-order valence-corrected chi connectivity index (χ1v) is 42.5. The minimum atomic E-state index is -0.103. The van der Waals surface area contributed by atoms with Gasteiger partial charge in [-0.2, -0.15) is 0 Å². The Kier molecular flexibility index (Phi) is 17.4. The van der Waals surface area contributed by atoms with Crippen molar-refractivity contribution in [3.8, 4) is 146 Å². The number of para-hydroxylation sites is 6. The summed E-state index contributed by atoms with van der Waals surface area (Å²) < 4.78 is 4.74. The molecule has 6 aromatic heterocycles. The molecule has 6 heterocycles. The molecule has 0 unspecified atom stereocenters. The van der Waals surface area contributed by atoms with Crippen molar-refractivity contribution in [3.05, 3.63) is 435 Å². The van der Waals surface area contributed by atoms with Gasteiger partial charge in [0.2, 0.25) is 0 Å². The van der Waals surface area contributed by atoms with E-state index >= 15 is 0 Å². The number of nitrogens with zero attached hydrogens (tertiary/aromatic N) is 8. The van der Waals surface area contributed by atoms with E-state index in [1.54, 1.807) is 0 Å². The molecule has 22 aromatic rings. The molecule has 124 heavy (non-hydrogen) atoms. The second kappa shape index (κ2) is 29.5. The molecular weight excluding hydrogens is 1510 g/mol. The van der Waals surface area contributed by atoms with E-state index in [0.717, 1.165) is 151 Å². The largest absolute Gasteiger partial charge is 0.307 e. The Labute approximate surface area is 719 Å². The summed E-state index contributed by atoms with van der Waals surface area (Å²) in [4.78, 5) is 31.4. The number of fused-ring (bicyclic) bond motifs is 16. The normalized spacial score (nSPS) is 12.8. The van der Waals surface area contributed by atoms with Gasteiger partial charge in [-0.15, -0.1) is 0 Å².